The number of pyridine rings is 1. The fourth-order valence-corrected chi connectivity index (χ4v) is 3.15. The van der Waals surface area contributed by atoms with Gasteiger partial charge in [-0.3, -0.25) is 4.79 Å². The van der Waals surface area contributed by atoms with Crippen LogP contribution >= 0.6 is 11.6 Å². The first-order valence-electron chi connectivity index (χ1n) is 7.87. The number of carbonyl (C=O) groups excluding carboxylic acids is 1. The molecule has 4 rings (SSSR count). The van der Waals surface area contributed by atoms with Crippen LogP contribution in [0.3, 0.4) is 0 Å². The van der Waals surface area contributed by atoms with E-state index < -0.39 is 6.04 Å². The number of amides is 1. The summed E-state index contributed by atoms with van der Waals surface area (Å²) in [4.78, 5) is 17.2. The van der Waals surface area contributed by atoms with Crippen molar-refractivity contribution >= 4 is 29.3 Å². The van der Waals surface area contributed by atoms with Gasteiger partial charge in [0.25, 0.3) is 5.91 Å². The number of nitrogens with one attached hydrogen (secondary N) is 2. The van der Waals surface area contributed by atoms with Crippen LogP contribution in [0.1, 0.15) is 18.5 Å². The molecule has 1 amide bonds. The Morgan fingerprint density at radius 2 is 2.04 bits per heavy atom. The number of halogens is 1. The van der Waals surface area contributed by atoms with Gasteiger partial charge in [0.15, 0.2) is 0 Å². The minimum Gasteiger partial charge on any atom is -0.326 e. The lowest BCUT2D eigenvalue weighted by molar-refractivity contribution is -0.113. The van der Waals surface area contributed by atoms with Crippen molar-refractivity contribution < 1.29 is 4.79 Å². The van der Waals surface area contributed by atoms with Crippen LogP contribution in [0, 0.1) is 0 Å². The lowest BCUT2D eigenvalue weighted by atomic mass is 9.95. The highest BCUT2D eigenvalue weighted by Crippen LogP contribution is 2.37. The summed E-state index contributed by atoms with van der Waals surface area (Å²) < 4.78 is 1.54. The average Bonchev–Trinajstić information content (AvgIpc) is 3.10. The molecule has 9 heteroatoms. The number of allylic oxidation sites excluding steroid dienone is 1. The second kappa shape index (κ2) is 6.57. The maximum absolute atomic E-state index is 13.0. The highest BCUT2D eigenvalue weighted by molar-refractivity contribution is 6.31. The fourth-order valence-electron chi connectivity index (χ4n) is 2.91. The van der Waals surface area contributed by atoms with Gasteiger partial charge in [-0.15, -0.1) is 0 Å². The number of benzene rings is 1. The zero-order valence-corrected chi connectivity index (χ0v) is 14.5. The van der Waals surface area contributed by atoms with Crippen LogP contribution in [0.25, 0.3) is 0 Å². The zero-order valence-electron chi connectivity index (χ0n) is 13.7. The molecule has 0 bridgehead atoms. The zero-order chi connectivity index (χ0) is 18.1. The number of anilines is 2. The number of carbonyl (C=O) groups is 1. The minimum absolute atomic E-state index is 0.306. The van der Waals surface area contributed by atoms with E-state index in [0.717, 1.165) is 5.56 Å². The summed E-state index contributed by atoms with van der Waals surface area (Å²) in [5.74, 6) is 0.597. The number of hydrogen-bond donors (Lipinski definition) is 2. The Labute approximate surface area is 153 Å². The van der Waals surface area contributed by atoms with Gasteiger partial charge in [0.2, 0.25) is 5.95 Å². The Morgan fingerprint density at radius 3 is 2.81 bits per heavy atom. The number of fused-ring (bicyclic) bond motifs is 1. The number of tetrazole rings is 1. The topological polar surface area (TPSA) is 97.6 Å². The predicted octanol–water partition coefficient (Wildman–Crippen LogP) is 2.65. The third kappa shape index (κ3) is 2.80. The molecule has 3 heterocycles. The molecular formula is C17H14ClN7O. The molecule has 26 heavy (non-hydrogen) atoms. The molecule has 2 aromatic heterocycles. The van der Waals surface area contributed by atoms with Gasteiger partial charge in [0.1, 0.15) is 11.9 Å². The van der Waals surface area contributed by atoms with Gasteiger partial charge in [-0.25, -0.2) is 4.98 Å². The molecule has 1 aliphatic rings. The summed E-state index contributed by atoms with van der Waals surface area (Å²) in [6, 6.07) is 12.1. The maximum atomic E-state index is 13.0. The van der Waals surface area contributed by atoms with Gasteiger partial charge in [-0.2, -0.15) is 4.68 Å². The monoisotopic (exact) mass is 367 g/mol. The van der Waals surface area contributed by atoms with Crippen molar-refractivity contribution in [1.29, 1.82) is 0 Å². The summed E-state index contributed by atoms with van der Waals surface area (Å²) in [5.41, 5.74) is 1.84. The van der Waals surface area contributed by atoms with Gasteiger partial charge in [-0.05, 0) is 35.5 Å². The number of aromatic nitrogens is 5. The molecular weight excluding hydrogens is 354 g/mol. The van der Waals surface area contributed by atoms with Crippen LogP contribution in [0.4, 0.5) is 11.8 Å². The second-order valence-corrected chi connectivity index (χ2v) is 6.11. The number of hydrogen-bond acceptors (Lipinski definition) is 6. The van der Waals surface area contributed by atoms with E-state index in [1.165, 1.54) is 0 Å². The van der Waals surface area contributed by atoms with Crippen molar-refractivity contribution in [3.63, 3.8) is 0 Å². The highest BCUT2D eigenvalue weighted by atomic mass is 35.5. The molecule has 1 aromatic carbocycles. The molecule has 0 fully saturated rings. The number of rotatable bonds is 3. The first-order chi connectivity index (χ1) is 12.6. The van der Waals surface area contributed by atoms with Crippen molar-refractivity contribution in [2.24, 2.45) is 0 Å². The van der Waals surface area contributed by atoms with Crippen LogP contribution in [0.5, 0.6) is 0 Å². The van der Waals surface area contributed by atoms with Gasteiger partial charge in [0.05, 0.1) is 5.57 Å². The summed E-state index contributed by atoms with van der Waals surface area (Å²) in [6.45, 7) is 1.80. The lowest BCUT2D eigenvalue weighted by Gasteiger charge is -2.28. The molecule has 0 aliphatic carbocycles. The van der Waals surface area contributed by atoms with E-state index in [1.54, 1.807) is 42.1 Å². The van der Waals surface area contributed by atoms with E-state index in [9.17, 15) is 4.79 Å². The second-order valence-electron chi connectivity index (χ2n) is 5.70. The van der Waals surface area contributed by atoms with Gasteiger partial charge in [0, 0.05) is 22.5 Å². The van der Waals surface area contributed by atoms with Gasteiger partial charge < -0.3 is 10.6 Å². The first kappa shape index (κ1) is 16.2. The van der Waals surface area contributed by atoms with Crippen LogP contribution < -0.4 is 10.6 Å². The van der Waals surface area contributed by atoms with Gasteiger partial charge >= 0.3 is 0 Å². The summed E-state index contributed by atoms with van der Waals surface area (Å²) >= 11 is 6.40. The lowest BCUT2D eigenvalue weighted by Crippen LogP contribution is -2.31. The average molecular weight is 368 g/mol. The number of nitrogens with zero attached hydrogens (tertiary/aromatic N) is 5. The molecule has 8 nitrogen and oxygen atoms in total. The Bertz CT molecular complexity index is 999. The molecule has 0 radical (unpaired) electrons. The standard InChI is InChI=1S/C17H14ClN7O/c1-10-14(16(26)21-13-8-4-5-9-19-13)15(11-6-2-3-7-12(11)18)25-17(20-10)22-23-24-25/h2-9,15H,1H3,(H,19,21,26)(H,20,22,24). The van der Waals surface area contributed by atoms with Crippen molar-refractivity contribution in [1.82, 2.24) is 25.2 Å². The van der Waals surface area contributed by atoms with Crippen LogP contribution in [-0.4, -0.2) is 31.1 Å². The Morgan fingerprint density at radius 1 is 1.23 bits per heavy atom. The van der Waals surface area contributed by atoms with Crippen LogP contribution in [0.2, 0.25) is 5.02 Å². The van der Waals surface area contributed by atoms with Crippen LogP contribution in [0.15, 0.2) is 59.9 Å². The van der Waals surface area contributed by atoms with Crippen molar-refractivity contribution in [3.05, 3.63) is 70.5 Å². The molecule has 2 N–H and O–H groups in total. The van der Waals surface area contributed by atoms with Crippen LogP contribution in [-0.2, 0) is 4.79 Å². The molecule has 1 atom stereocenters. The predicted molar refractivity (Wildman–Crippen MR) is 96.6 cm³/mol. The largest absolute Gasteiger partial charge is 0.326 e. The third-order valence-electron chi connectivity index (χ3n) is 4.07. The molecule has 0 spiro atoms. The van der Waals surface area contributed by atoms with E-state index in [1.807, 2.05) is 18.2 Å². The Balaban J connectivity index is 1.80. The SMILES string of the molecule is CC1=C(C(=O)Nc2ccccn2)C(c2ccccc2Cl)n2nnnc2N1. The minimum atomic E-state index is -0.557. The van der Waals surface area contributed by atoms with Crippen molar-refractivity contribution in [2.75, 3.05) is 10.6 Å². The summed E-state index contributed by atoms with van der Waals surface area (Å²) in [5, 5.41) is 18.1. The molecule has 130 valence electrons. The Hall–Kier alpha value is -3.26. The normalized spacial score (nSPS) is 16.0. The maximum Gasteiger partial charge on any atom is 0.257 e. The van der Waals surface area contributed by atoms with Gasteiger partial charge in [-0.1, -0.05) is 41.0 Å². The van der Waals surface area contributed by atoms with E-state index >= 15 is 0 Å². The molecule has 1 aliphatic heterocycles. The molecule has 0 saturated carbocycles. The smallest absolute Gasteiger partial charge is 0.257 e. The van der Waals surface area contributed by atoms with E-state index in [-0.39, 0.29) is 5.91 Å². The molecule has 0 saturated heterocycles. The Kier molecular flexibility index (Phi) is 4.10. The first-order valence-corrected chi connectivity index (χ1v) is 8.25. The van der Waals surface area contributed by atoms with E-state index in [2.05, 4.69) is 31.1 Å². The van der Waals surface area contributed by atoms with Crippen molar-refractivity contribution in [2.45, 2.75) is 13.0 Å². The fraction of sp³-hybridized carbons (Fsp3) is 0.118. The van der Waals surface area contributed by atoms with E-state index in [0.29, 0.717) is 28.1 Å². The van der Waals surface area contributed by atoms with E-state index in [4.69, 9.17) is 11.6 Å². The third-order valence-corrected chi connectivity index (χ3v) is 4.41. The quantitative estimate of drug-likeness (QED) is 0.738. The summed E-state index contributed by atoms with van der Waals surface area (Å²) in [6.07, 6.45) is 1.61. The molecule has 3 aromatic rings. The summed E-state index contributed by atoms with van der Waals surface area (Å²) in [7, 11) is 0. The highest BCUT2D eigenvalue weighted by Gasteiger charge is 2.35. The molecule has 1 unspecified atom stereocenters. The van der Waals surface area contributed by atoms with Crippen molar-refractivity contribution in [3.8, 4) is 0 Å².